The fraction of sp³-hybridized carbons (Fsp3) is 0.429. The van der Waals surface area contributed by atoms with Gasteiger partial charge in [-0.25, -0.2) is 4.39 Å². The number of hydrogen-bond donors (Lipinski definition) is 0. The highest BCUT2D eigenvalue weighted by Gasteiger charge is 2.26. The Bertz CT molecular complexity index is 1420. The lowest BCUT2D eigenvalue weighted by molar-refractivity contribution is 0.0303. The van der Waals surface area contributed by atoms with Crippen LogP contribution in [0.5, 0.6) is 5.75 Å². The first kappa shape index (κ1) is 24.7. The van der Waals surface area contributed by atoms with E-state index in [-0.39, 0.29) is 23.3 Å². The van der Waals surface area contributed by atoms with Gasteiger partial charge in [0.15, 0.2) is 11.3 Å². The van der Waals surface area contributed by atoms with Gasteiger partial charge in [-0.05, 0) is 31.2 Å². The van der Waals surface area contributed by atoms with Crippen molar-refractivity contribution in [1.82, 2.24) is 4.90 Å². The number of halogens is 1. The fourth-order valence-electron chi connectivity index (χ4n) is 5.30. The fourth-order valence-corrected chi connectivity index (χ4v) is 5.30. The molecule has 3 aliphatic rings. The summed E-state index contributed by atoms with van der Waals surface area (Å²) in [4.78, 5) is 32.6. The SMILES string of the molecule is C[C@@H]1CN(c2cc(=O)c3cc(C(=O)N4CCOCC4)cc(CN4CCOc5ccc(F)cc54)c3o2)CCO1. The van der Waals surface area contributed by atoms with Crippen molar-refractivity contribution in [2.45, 2.75) is 19.6 Å². The second-order valence-corrected chi connectivity index (χ2v) is 9.88. The highest BCUT2D eigenvalue weighted by Crippen LogP contribution is 2.35. The van der Waals surface area contributed by atoms with E-state index in [9.17, 15) is 14.0 Å². The third-order valence-corrected chi connectivity index (χ3v) is 7.23. The van der Waals surface area contributed by atoms with Gasteiger partial charge in [0.05, 0.1) is 43.5 Å². The Kier molecular flexibility index (Phi) is 6.67. The Labute approximate surface area is 219 Å². The third-order valence-electron chi connectivity index (χ3n) is 7.23. The van der Waals surface area contributed by atoms with Crippen molar-refractivity contribution >= 4 is 28.4 Å². The van der Waals surface area contributed by atoms with Gasteiger partial charge in [-0.15, -0.1) is 0 Å². The zero-order valence-electron chi connectivity index (χ0n) is 21.3. The molecule has 38 heavy (non-hydrogen) atoms. The van der Waals surface area contributed by atoms with E-state index in [1.54, 1.807) is 23.1 Å². The molecule has 3 aromatic rings. The van der Waals surface area contributed by atoms with Crippen molar-refractivity contribution < 1.29 is 27.8 Å². The average molecular weight is 524 g/mol. The number of carbonyl (C=O) groups is 1. The molecule has 0 unspecified atom stereocenters. The summed E-state index contributed by atoms with van der Waals surface area (Å²) in [5, 5.41) is 0.344. The molecule has 0 aliphatic carbocycles. The molecule has 1 aromatic heterocycles. The summed E-state index contributed by atoms with van der Waals surface area (Å²) in [7, 11) is 0. The van der Waals surface area contributed by atoms with Gasteiger partial charge in [-0.1, -0.05) is 0 Å². The Hall–Kier alpha value is -3.63. The van der Waals surface area contributed by atoms with Gasteiger partial charge in [0, 0.05) is 56.0 Å². The van der Waals surface area contributed by atoms with Crippen molar-refractivity contribution in [2.75, 3.05) is 69.0 Å². The van der Waals surface area contributed by atoms with E-state index < -0.39 is 0 Å². The summed E-state index contributed by atoms with van der Waals surface area (Å²) in [6.07, 6.45) is 0.0116. The minimum Gasteiger partial charge on any atom is -0.490 e. The predicted molar refractivity (Wildman–Crippen MR) is 140 cm³/mol. The monoisotopic (exact) mass is 523 g/mol. The molecule has 10 heteroatoms. The lowest BCUT2D eigenvalue weighted by Gasteiger charge is -2.32. The molecular weight excluding hydrogens is 493 g/mol. The molecule has 2 aromatic carbocycles. The first-order chi connectivity index (χ1) is 18.5. The van der Waals surface area contributed by atoms with Gasteiger partial charge in [-0.3, -0.25) is 9.59 Å². The molecule has 4 heterocycles. The van der Waals surface area contributed by atoms with Crippen LogP contribution in [0.15, 0.2) is 45.6 Å². The average Bonchev–Trinajstić information content (AvgIpc) is 2.93. The molecule has 6 rings (SSSR count). The van der Waals surface area contributed by atoms with Crippen LogP contribution >= 0.6 is 0 Å². The van der Waals surface area contributed by atoms with Crippen LogP contribution in [-0.4, -0.2) is 76.1 Å². The van der Waals surface area contributed by atoms with Crippen LogP contribution in [0.4, 0.5) is 16.0 Å². The van der Waals surface area contributed by atoms with Gasteiger partial charge >= 0.3 is 0 Å². The molecule has 0 bridgehead atoms. The second kappa shape index (κ2) is 10.3. The second-order valence-electron chi connectivity index (χ2n) is 9.88. The first-order valence-corrected chi connectivity index (χ1v) is 13.0. The number of rotatable bonds is 4. The quantitative estimate of drug-likeness (QED) is 0.516. The third kappa shape index (κ3) is 4.81. The molecule has 0 spiro atoms. The first-order valence-electron chi connectivity index (χ1n) is 13.0. The van der Waals surface area contributed by atoms with Crippen LogP contribution in [-0.2, 0) is 16.0 Å². The Morgan fingerprint density at radius 2 is 1.87 bits per heavy atom. The van der Waals surface area contributed by atoms with Crippen molar-refractivity contribution in [2.24, 2.45) is 0 Å². The summed E-state index contributed by atoms with van der Waals surface area (Å²) in [6, 6.07) is 9.34. The normalized spacial score (nSPS) is 19.8. The number of carbonyl (C=O) groups excluding carboxylic acids is 1. The molecule has 0 saturated carbocycles. The van der Waals surface area contributed by atoms with Crippen molar-refractivity contribution in [1.29, 1.82) is 0 Å². The Balaban J connectivity index is 1.45. The predicted octanol–water partition coefficient (Wildman–Crippen LogP) is 3.03. The molecule has 200 valence electrons. The molecule has 2 fully saturated rings. The number of anilines is 2. The number of amides is 1. The molecule has 0 N–H and O–H groups in total. The topological polar surface area (TPSA) is 84.7 Å². The maximum absolute atomic E-state index is 14.2. The number of fused-ring (bicyclic) bond motifs is 2. The maximum Gasteiger partial charge on any atom is 0.254 e. The number of benzene rings is 2. The van der Waals surface area contributed by atoms with E-state index in [2.05, 4.69) is 0 Å². The van der Waals surface area contributed by atoms with Crippen LogP contribution in [0.1, 0.15) is 22.8 Å². The van der Waals surface area contributed by atoms with Gasteiger partial charge in [0.1, 0.15) is 23.8 Å². The zero-order valence-corrected chi connectivity index (χ0v) is 21.3. The molecule has 1 amide bonds. The van der Waals surface area contributed by atoms with E-state index in [1.807, 2.05) is 16.7 Å². The van der Waals surface area contributed by atoms with E-state index >= 15 is 0 Å². The summed E-state index contributed by atoms with van der Waals surface area (Å²) in [5.41, 5.74) is 1.93. The van der Waals surface area contributed by atoms with Gasteiger partial charge in [-0.2, -0.15) is 0 Å². The van der Waals surface area contributed by atoms with Crippen LogP contribution in [0.2, 0.25) is 0 Å². The van der Waals surface area contributed by atoms with Gasteiger partial charge in [0.25, 0.3) is 5.91 Å². The molecular formula is C28H30FN3O6. The Morgan fingerprint density at radius 3 is 2.68 bits per heavy atom. The minimum atomic E-state index is -0.365. The van der Waals surface area contributed by atoms with Gasteiger partial charge in [0.2, 0.25) is 0 Å². The van der Waals surface area contributed by atoms with E-state index in [0.29, 0.717) is 105 Å². The maximum atomic E-state index is 14.2. The number of ether oxygens (including phenoxy) is 3. The standard InChI is InChI=1S/C28H30FN3O6/c1-18-16-32(7-10-36-18)26-15-24(33)22-13-19(28(34)30-4-8-35-9-5-30)12-20(27(22)38-26)17-31-6-11-37-25-3-2-21(29)14-23(25)31/h2-3,12-15,18H,4-11,16-17H2,1H3/t18-/m1/s1. The van der Waals surface area contributed by atoms with Crippen LogP contribution in [0, 0.1) is 5.82 Å². The van der Waals surface area contributed by atoms with Crippen molar-refractivity contribution in [3.05, 3.63) is 63.6 Å². The minimum absolute atomic E-state index is 0.0116. The summed E-state index contributed by atoms with van der Waals surface area (Å²) in [5.74, 6) is 0.539. The van der Waals surface area contributed by atoms with Crippen LogP contribution in [0.3, 0.4) is 0 Å². The summed E-state index contributed by atoms with van der Waals surface area (Å²) >= 11 is 0. The smallest absolute Gasteiger partial charge is 0.254 e. The lowest BCUT2D eigenvalue weighted by atomic mass is 10.0. The van der Waals surface area contributed by atoms with Gasteiger partial charge < -0.3 is 33.3 Å². The highest BCUT2D eigenvalue weighted by molar-refractivity contribution is 5.99. The van der Waals surface area contributed by atoms with Crippen LogP contribution in [0.25, 0.3) is 11.0 Å². The van der Waals surface area contributed by atoms with E-state index in [1.165, 1.54) is 18.2 Å². The number of hydrogen-bond acceptors (Lipinski definition) is 8. The Morgan fingerprint density at radius 1 is 1.03 bits per heavy atom. The lowest BCUT2D eigenvalue weighted by Crippen LogP contribution is -2.41. The summed E-state index contributed by atoms with van der Waals surface area (Å²) < 4.78 is 37.3. The number of morpholine rings is 2. The molecule has 0 radical (unpaired) electrons. The molecule has 1 atom stereocenters. The van der Waals surface area contributed by atoms with E-state index in [0.717, 1.165) is 0 Å². The molecule has 2 saturated heterocycles. The zero-order chi connectivity index (χ0) is 26.2. The summed E-state index contributed by atoms with van der Waals surface area (Å²) in [6.45, 7) is 6.94. The van der Waals surface area contributed by atoms with Crippen molar-refractivity contribution in [3.8, 4) is 5.75 Å². The largest absolute Gasteiger partial charge is 0.490 e. The molecule has 3 aliphatic heterocycles. The molecule has 9 nitrogen and oxygen atoms in total. The van der Waals surface area contributed by atoms with Crippen molar-refractivity contribution in [3.63, 3.8) is 0 Å². The van der Waals surface area contributed by atoms with E-state index in [4.69, 9.17) is 18.6 Å². The number of nitrogens with zero attached hydrogens (tertiary/aromatic N) is 3. The van der Waals surface area contributed by atoms with Crippen LogP contribution < -0.4 is 20.0 Å². The highest BCUT2D eigenvalue weighted by atomic mass is 19.1.